The molecule has 0 saturated carbocycles. The van der Waals surface area contributed by atoms with Crippen LogP contribution in [0, 0.1) is 0 Å². The Hall–Kier alpha value is -3.22. The molecule has 0 spiro atoms. The smallest absolute Gasteiger partial charge is 0.276 e. The third kappa shape index (κ3) is 5.90. The topological polar surface area (TPSA) is 85.9 Å². The molecular weight excluding hydrogens is 360 g/mol. The molecule has 0 aliphatic carbocycles. The Labute approximate surface area is 165 Å². The van der Waals surface area contributed by atoms with Gasteiger partial charge in [0.25, 0.3) is 11.8 Å². The number of hydrogen-bond acceptors (Lipinski definition) is 5. The Balaban J connectivity index is 1.88. The molecule has 0 aliphatic heterocycles. The van der Waals surface area contributed by atoms with Gasteiger partial charge in [-0.15, -0.1) is 0 Å². The molecule has 28 heavy (non-hydrogen) atoms. The number of ether oxygens (including phenoxy) is 3. The molecule has 0 unspecified atom stereocenters. The first-order valence-corrected chi connectivity index (χ1v) is 9.19. The summed E-state index contributed by atoms with van der Waals surface area (Å²) < 4.78 is 16.3. The summed E-state index contributed by atoms with van der Waals surface area (Å²) in [5.74, 6) is 0.732. The lowest BCUT2D eigenvalue weighted by atomic mass is 10.1. The minimum absolute atomic E-state index is 0.204. The predicted molar refractivity (Wildman–Crippen MR) is 106 cm³/mol. The van der Waals surface area contributed by atoms with Crippen LogP contribution in [0.4, 0.5) is 0 Å². The van der Waals surface area contributed by atoms with Crippen molar-refractivity contribution < 1.29 is 23.8 Å². The lowest BCUT2D eigenvalue weighted by Crippen LogP contribution is -2.43. The van der Waals surface area contributed by atoms with Crippen LogP contribution < -0.4 is 25.1 Å². The molecule has 2 N–H and O–H groups in total. The van der Waals surface area contributed by atoms with Crippen LogP contribution in [0.3, 0.4) is 0 Å². The summed E-state index contributed by atoms with van der Waals surface area (Å²) >= 11 is 0. The van der Waals surface area contributed by atoms with Crippen LogP contribution >= 0.6 is 0 Å². The van der Waals surface area contributed by atoms with Crippen LogP contribution in [0.15, 0.2) is 42.5 Å². The Morgan fingerprint density at radius 3 is 2.43 bits per heavy atom. The highest BCUT2D eigenvalue weighted by atomic mass is 16.5. The number of carbonyl (C=O) groups excluding carboxylic acids is 2. The molecule has 0 heterocycles. The summed E-state index contributed by atoms with van der Waals surface area (Å²) in [6, 6.07) is 12.3. The van der Waals surface area contributed by atoms with Gasteiger partial charge in [-0.2, -0.15) is 0 Å². The van der Waals surface area contributed by atoms with Crippen molar-refractivity contribution in [3.63, 3.8) is 0 Å². The Bertz CT molecular complexity index is 807. The van der Waals surface area contributed by atoms with E-state index in [9.17, 15) is 9.59 Å². The first-order valence-electron chi connectivity index (χ1n) is 9.19. The lowest BCUT2D eigenvalue weighted by Gasteiger charge is -2.13. The predicted octanol–water partition coefficient (Wildman–Crippen LogP) is 2.89. The number of hydrogen-bond donors (Lipinski definition) is 2. The molecular formula is C21H26N2O5. The van der Waals surface area contributed by atoms with Gasteiger partial charge in [-0.3, -0.25) is 20.4 Å². The van der Waals surface area contributed by atoms with Gasteiger partial charge in [-0.1, -0.05) is 32.0 Å². The van der Waals surface area contributed by atoms with Gasteiger partial charge in [0.15, 0.2) is 18.1 Å². The van der Waals surface area contributed by atoms with Crippen LogP contribution in [0.1, 0.15) is 36.2 Å². The number of benzene rings is 2. The van der Waals surface area contributed by atoms with Crippen molar-refractivity contribution in [1.82, 2.24) is 10.9 Å². The van der Waals surface area contributed by atoms with Gasteiger partial charge in [0.1, 0.15) is 5.75 Å². The second-order valence-electron chi connectivity index (χ2n) is 5.97. The van der Waals surface area contributed by atoms with Crippen LogP contribution in [0.2, 0.25) is 0 Å². The number of aryl methyl sites for hydroxylation is 1. The van der Waals surface area contributed by atoms with Gasteiger partial charge in [-0.05, 0) is 42.7 Å². The van der Waals surface area contributed by atoms with E-state index in [0.717, 1.165) is 18.4 Å². The first-order chi connectivity index (χ1) is 13.6. The third-order valence-corrected chi connectivity index (χ3v) is 3.92. The van der Waals surface area contributed by atoms with E-state index >= 15 is 0 Å². The molecule has 0 aromatic heterocycles. The highest BCUT2D eigenvalue weighted by molar-refractivity contribution is 5.96. The highest BCUT2D eigenvalue weighted by Gasteiger charge is 2.12. The fourth-order valence-corrected chi connectivity index (χ4v) is 2.45. The van der Waals surface area contributed by atoms with E-state index < -0.39 is 11.8 Å². The molecule has 0 radical (unpaired) electrons. The molecule has 0 saturated heterocycles. The molecule has 7 heteroatoms. The standard InChI is InChI=1S/C21H26N2O5/c1-4-12-27-18-11-10-16(13-19(18)26-3)21(25)23-22-20(24)14-28-17-9-7-6-8-15(17)5-2/h6-11,13H,4-5,12,14H2,1-3H3,(H,22,24)(H,23,25). The molecule has 2 rings (SSSR count). The zero-order chi connectivity index (χ0) is 20.4. The fraction of sp³-hybridized carbons (Fsp3) is 0.333. The second kappa shape index (κ2) is 10.8. The fourth-order valence-electron chi connectivity index (χ4n) is 2.45. The minimum atomic E-state index is -0.470. The number of methoxy groups -OCH3 is 1. The maximum absolute atomic E-state index is 12.3. The first kappa shape index (κ1) is 21.1. The summed E-state index contributed by atoms with van der Waals surface area (Å²) in [7, 11) is 1.50. The number of rotatable bonds is 9. The van der Waals surface area contributed by atoms with Crippen molar-refractivity contribution in [3.8, 4) is 17.2 Å². The van der Waals surface area contributed by atoms with Crippen molar-refractivity contribution in [2.24, 2.45) is 0 Å². The summed E-state index contributed by atoms with van der Waals surface area (Å²) in [4.78, 5) is 24.2. The van der Waals surface area contributed by atoms with E-state index in [1.807, 2.05) is 32.0 Å². The number of para-hydroxylation sites is 1. The van der Waals surface area contributed by atoms with Crippen molar-refractivity contribution in [2.45, 2.75) is 26.7 Å². The normalized spacial score (nSPS) is 10.1. The summed E-state index contributed by atoms with van der Waals surface area (Å²) in [6.45, 7) is 4.36. The quantitative estimate of drug-likeness (QED) is 0.647. The molecule has 7 nitrogen and oxygen atoms in total. The van der Waals surface area contributed by atoms with Gasteiger partial charge in [0, 0.05) is 5.56 Å². The molecule has 2 aromatic carbocycles. The summed E-state index contributed by atoms with van der Waals surface area (Å²) in [5, 5.41) is 0. The van der Waals surface area contributed by atoms with Crippen LogP contribution in [-0.2, 0) is 11.2 Å². The molecule has 0 atom stereocenters. The average molecular weight is 386 g/mol. The number of nitrogens with one attached hydrogen (secondary N) is 2. The van der Waals surface area contributed by atoms with Gasteiger partial charge < -0.3 is 14.2 Å². The highest BCUT2D eigenvalue weighted by Crippen LogP contribution is 2.28. The molecule has 150 valence electrons. The third-order valence-electron chi connectivity index (χ3n) is 3.92. The molecule has 0 aliphatic rings. The number of hydrazine groups is 1. The van der Waals surface area contributed by atoms with E-state index in [1.165, 1.54) is 7.11 Å². The van der Waals surface area contributed by atoms with E-state index in [1.54, 1.807) is 24.3 Å². The van der Waals surface area contributed by atoms with Crippen molar-refractivity contribution in [1.29, 1.82) is 0 Å². The summed E-state index contributed by atoms with van der Waals surface area (Å²) in [5.41, 5.74) is 6.04. The zero-order valence-corrected chi connectivity index (χ0v) is 16.4. The van der Waals surface area contributed by atoms with Crippen LogP contribution in [0.25, 0.3) is 0 Å². The van der Waals surface area contributed by atoms with E-state index in [4.69, 9.17) is 14.2 Å². The van der Waals surface area contributed by atoms with Gasteiger partial charge in [-0.25, -0.2) is 0 Å². The Morgan fingerprint density at radius 2 is 1.71 bits per heavy atom. The minimum Gasteiger partial charge on any atom is -0.493 e. The van der Waals surface area contributed by atoms with Gasteiger partial charge in [0.2, 0.25) is 0 Å². The number of carbonyl (C=O) groups is 2. The Morgan fingerprint density at radius 1 is 0.929 bits per heavy atom. The molecule has 2 aromatic rings. The van der Waals surface area contributed by atoms with Crippen molar-refractivity contribution in [2.75, 3.05) is 20.3 Å². The molecule has 0 fully saturated rings. The van der Waals surface area contributed by atoms with Crippen LogP contribution in [0.5, 0.6) is 17.2 Å². The van der Waals surface area contributed by atoms with Gasteiger partial charge in [0.05, 0.1) is 13.7 Å². The Kier molecular flexibility index (Phi) is 8.14. The molecule has 0 bridgehead atoms. The lowest BCUT2D eigenvalue weighted by molar-refractivity contribution is -0.123. The zero-order valence-electron chi connectivity index (χ0n) is 16.4. The molecule has 2 amide bonds. The van der Waals surface area contributed by atoms with Crippen molar-refractivity contribution >= 4 is 11.8 Å². The SMILES string of the molecule is CCCOc1ccc(C(=O)NNC(=O)COc2ccccc2CC)cc1OC. The van der Waals surface area contributed by atoms with E-state index in [-0.39, 0.29) is 6.61 Å². The van der Waals surface area contributed by atoms with Crippen molar-refractivity contribution in [3.05, 3.63) is 53.6 Å². The van der Waals surface area contributed by atoms with Crippen LogP contribution in [-0.4, -0.2) is 32.1 Å². The average Bonchev–Trinajstić information content (AvgIpc) is 2.74. The second-order valence-corrected chi connectivity index (χ2v) is 5.97. The van der Waals surface area contributed by atoms with E-state index in [0.29, 0.717) is 29.4 Å². The monoisotopic (exact) mass is 386 g/mol. The maximum Gasteiger partial charge on any atom is 0.276 e. The maximum atomic E-state index is 12.3. The number of amides is 2. The van der Waals surface area contributed by atoms with Gasteiger partial charge >= 0.3 is 0 Å². The summed E-state index contributed by atoms with van der Waals surface area (Å²) in [6.07, 6.45) is 1.66. The van der Waals surface area contributed by atoms with E-state index in [2.05, 4.69) is 10.9 Å². The largest absolute Gasteiger partial charge is 0.493 e.